The fraction of sp³-hybridized carbons (Fsp3) is 0.556. The van der Waals surface area contributed by atoms with E-state index in [0.717, 1.165) is 23.5 Å². The predicted octanol–water partition coefficient (Wildman–Crippen LogP) is 5.39. The van der Waals surface area contributed by atoms with Gasteiger partial charge in [-0.05, 0) is 51.7 Å². The van der Waals surface area contributed by atoms with Crippen LogP contribution in [0.1, 0.15) is 60.8 Å². The highest BCUT2D eigenvalue weighted by Crippen LogP contribution is 2.31. The van der Waals surface area contributed by atoms with Crippen molar-refractivity contribution in [3.63, 3.8) is 0 Å². The minimum Gasteiger partial charge on any atom is -0.870 e. The van der Waals surface area contributed by atoms with Crippen LogP contribution in [0.2, 0.25) is 0 Å². The van der Waals surface area contributed by atoms with Crippen molar-refractivity contribution in [1.29, 1.82) is 0 Å². The topological polar surface area (TPSA) is 74.2 Å². The normalized spacial score (nSPS) is 20.7. The monoisotopic (exact) mass is 460 g/mol. The van der Waals surface area contributed by atoms with Crippen molar-refractivity contribution in [2.24, 2.45) is 5.92 Å². The first-order chi connectivity index (χ1) is 15.6. The van der Waals surface area contributed by atoms with Gasteiger partial charge in [-0.25, -0.2) is 5.06 Å². The maximum absolute atomic E-state index is 12.5. The zero-order chi connectivity index (χ0) is 25.1. The highest BCUT2D eigenvalue weighted by molar-refractivity contribution is 5.35. The van der Waals surface area contributed by atoms with Crippen molar-refractivity contribution in [2.45, 2.75) is 73.1 Å². The maximum Gasteiger partial charge on any atom is 0.210 e. The van der Waals surface area contributed by atoms with Crippen LogP contribution >= 0.6 is 0 Å². The van der Waals surface area contributed by atoms with Crippen LogP contribution in [0.4, 0.5) is 0 Å². The molecule has 0 saturated carbocycles. The Kier molecular flexibility index (Phi) is 12.3. The molecule has 1 aliphatic heterocycles. The van der Waals surface area contributed by atoms with Gasteiger partial charge in [0.25, 0.3) is 0 Å². The third-order valence-electron chi connectivity index (χ3n) is 5.86. The SMILES string of the molecule is CCC=C(C)C(OC)C(C)C=C(C)C=CCC(C)=CCC1=C(C)C([O-])=C(OC)C(OC)N1O. The molecule has 0 bridgehead atoms. The summed E-state index contributed by atoms with van der Waals surface area (Å²) in [6.07, 6.45) is 12.1. The van der Waals surface area contributed by atoms with Gasteiger partial charge in [-0.15, -0.1) is 0 Å². The number of hydrogen-bond donors (Lipinski definition) is 1. The van der Waals surface area contributed by atoms with Gasteiger partial charge in [0, 0.05) is 26.6 Å². The molecule has 186 valence electrons. The lowest BCUT2D eigenvalue weighted by atomic mass is 9.95. The van der Waals surface area contributed by atoms with Crippen LogP contribution in [-0.4, -0.2) is 43.9 Å². The van der Waals surface area contributed by atoms with E-state index in [1.807, 2.05) is 13.0 Å². The Morgan fingerprint density at radius 1 is 1.18 bits per heavy atom. The summed E-state index contributed by atoms with van der Waals surface area (Å²) in [4.78, 5) is 0. The minimum atomic E-state index is -0.934. The van der Waals surface area contributed by atoms with Gasteiger partial charge < -0.3 is 19.3 Å². The first kappa shape index (κ1) is 28.8. The van der Waals surface area contributed by atoms with Gasteiger partial charge in [-0.2, -0.15) is 0 Å². The van der Waals surface area contributed by atoms with Crippen molar-refractivity contribution in [1.82, 2.24) is 5.06 Å². The first-order valence-corrected chi connectivity index (χ1v) is 11.5. The third-order valence-corrected chi connectivity index (χ3v) is 5.86. The Balaban J connectivity index is 2.84. The molecule has 1 N–H and O–H groups in total. The number of methoxy groups -OCH3 is 3. The molecule has 0 aromatic carbocycles. The molecule has 0 fully saturated rings. The molecule has 0 amide bonds. The standard InChI is InChI=1S/C27H43NO5/c1-10-12-20(4)25(31-7)21(5)17-19(3)14-11-13-18(2)15-16-23-22(6)24(29)26(32-8)27(33-9)28(23)30/h11-12,14-15,17,21,25,27,29-30H,10,13,16H2,1-9H3/p-1. The smallest absolute Gasteiger partial charge is 0.210 e. The lowest BCUT2D eigenvalue weighted by Gasteiger charge is -2.38. The maximum atomic E-state index is 12.5. The zero-order valence-corrected chi connectivity index (χ0v) is 21.8. The molecule has 0 aliphatic carbocycles. The Morgan fingerprint density at radius 2 is 1.85 bits per heavy atom. The summed E-state index contributed by atoms with van der Waals surface area (Å²) in [7, 11) is 4.59. The van der Waals surface area contributed by atoms with Crippen LogP contribution in [0, 0.1) is 5.92 Å². The van der Waals surface area contributed by atoms with Gasteiger partial charge in [0.2, 0.25) is 6.23 Å². The van der Waals surface area contributed by atoms with Crippen LogP contribution in [0.3, 0.4) is 0 Å². The molecule has 6 nitrogen and oxygen atoms in total. The van der Waals surface area contributed by atoms with E-state index in [-0.39, 0.29) is 23.5 Å². The van der Waals surface area contributed by atoms with Gasteiger partial charge in [0.1, 0.15) is 5.76 Å². The van der Waals surface area contributed by atoms with Crippen LogP contribution in [0.5, 0.6) is 0 Å². The van der Waals surface area contributed by atoms with Gasteiger partial charge in [-0.3, -0.25) is 5.21 Å². The van der Waals surface area contributed by atoms with E-state index < -0.39 is 6.23 Å². The Labute approximate surface area is 200 Å². The minimum absolute atomic E-state index is 0.0810. The van der Waals surface area contributed by atoms with E-state index >= 15 is 0 Å². The number of nitrogens with zero attached hydrogens (tertiary/aromatic N) is 1. The molecule has 0 spiro atoms. The van der Waals surface area contributed by atoms with Crippen molar-refractivity contribution < 1.29 is 24.5 Å². The summed E-state index contributed by atoms with van der Waals surface area (Å²) in [6.45, 7) is 12.2. The molecule has 0 aromatic heterocycles. The van der Waals surface area contributed by atoms with Crippen molar-refractivity contribution in [3.05, 3.63) is 69.9 Å². The van der Waals surface area contributed by atoms with E-state index in [1.54, 1.807) is 14.0 Å². The highest BCUT2D eigenvalue weighted by atomic mass is 16.6. The number of hydrogen-bond acceptors (Lipinski definition) is 6. The third kappa shape index (κ3) is 7.91. The van der Waals surface area contributed by atoms with Crippen LogP contribution < -0.4 is 5.11 Å². The Hall–Kier alpha value is -2.28. The van der Waals surface area contributed by atoms with Gasteiger partial charge in [0.15, 0.2) is 0 Å². The van der Waals surface area contributed by atoms with Crippen molar-refractivity contribution in [3.8, 4) is 0 Å². The molecule has 6 heteroatoms. The fourth-order valence-corrected chi connectivity index (χ4v) is 4.10. The molecule has 3 unspecified atom stereocenters. The molecular formula is C27H42NO5-. The molecular weight excluding hydrogens is 418 g/mol. The molecule has 0 radical (unpaired) electrons. The van der Waals surface area contributed by atoms with E-state index in [1.165, 1.54) is 25.4 Å². The highest BCUT2D eigenvalue weighted by Gasteiger charge is 2.30. The van der Waals surface area contributed by atoms with Gasteiger partial charge in [0.05, 0.1) is 18.9 Å². The molecule has 0 aromatic rings. The van der Waals surface area contributed by atoms with Crippen LogP contribution in [0.15, 0.2) is 69.9 Å². The molecule has 33 heavy (non-hydrogen) atoms. The predicted molar refractivity (Wildman–Crippen MR) is 131 cm³/mol. The molecule has 1 aliphatic rings. The molecule has 1 rings (SSSR count). The fourth-order valence-electron chi connectivity index (χ4n) is 4.10. The molecule has 3 atom stereocenters. The lowest BCUT2D eigenvalue weighted by molar-refractivity contribution is -0.311. The summed E-state index contributed by atoms with van der Waals surface area (Å²) in [6, 6.07) is 0. The summed E-state index contributed by atoms with van der Waals surface area (Å²) >= 11 is 0. The van der Waals surface area contributed by atoms with Crippen molar-refractivity contribution in [2.75, 3.05) is 21.3 Å². The summed E-state index contributed by atoms with van der Waals surface area (Å²) in [5.74, 6) is 0.109. The summed E-state index contributed by atoms with van der Waals surface area (Å²) < 4.78 is 16.1. The van der Waals surface area contributed by atoms with Gasteiger partial charge in [-0.1, -0.05) is 61.1 Å². The van der Waals surface area contributed by atoms with Crippen LogP contribution in [0.25, 0.3) is 0 Å². The van der Waals surface area contributed by atoms with E-state index in [0.29, 0.717) is 17.7 Å². The zero-order valence-electron chi connectivity index (χ0n) is 21.8. The van der Waals surface area contributed by atoms with Crippen molar-refractivity contribution >= 4 is 0 Å². The Bertz CT molecular complexity index is 831. The molecule has 1 heterocycles. The number of allylic oxidation sites excluding steroid dienone is 7. The number of hydroxylamine groups is 2. The quantitative estimate of drug-likeness (QED) is 0.311. The summed E-state index contributed by atoms with van der Waals surface area (Å²) in [5, 5.41) is 24.0. The number of ether oxygens (including phenoxy) is 3. The van der Waals surface area contributed by atoms with Gasteiger partial charge >= 0.3 is 0 Å². The number of rotatable bonds is 12. The second-order valence-electron chi connectivity index (χ2n) is 8.55. The van der Waals surface area contributed by atoms with E-state index in [2.05, 4.69) is 52.0 Å². The van der Waals surface area contributed by atoms with Crippen LogP contribution in [-0.2, 0) is 14.2 Å². The summed E-state index contributed by atoms with van der Waals surface area (Å²) in [5.41, 5.74) is 4.55. The lowest BCUT2D eigenvalue weighted by Crippen LogP contribution is -2.41. The van der Waals surface area contributed by atoms with E-state index in [9.17, 15) is 10.3 Å². The molecule has 0 saturated heterocycles. The largest absolute Gasteiger partial charge is 0.870 e. The Morgan fingerprint density at radius 3 is 2.39 bits per heavy atom. The second-order valence-corrected chi connectivity index (χ2v) is 8.55. The van der Waals surface area contributed by atoms with E-state index in [4.69, 9.17) is 14.2 Å². The first-order valence-electron chi connectivity index (χ1n) is 11.5. The second kappa shape index (κ2) is 14.1. The average molecular weight is 461 g/mol. The average Bonchev–Trinajstić information content (AvgIpc) is 2.76.